The van der Waals surface area contributed by atoms with E-state index >= 15 is 0 Å². The van der Waals surface area contributed by atoms with Gasteiger partial charge in [0, 0.05) is 12.1 Å². The predicted molar refractivity (Wildman–Crippen MR) is 58.5 cm³/mol. The molecule has 2 heteroatoms. The first kappa shape index (κ1) is 9.25. The van der Waals surface area contributed by atoms with Gasteiger partial charge < -0.3 is 4.40 Å². The molecular formula is C12H16N2. The van der Waals surface area contributed by atoms with Crippen LogP contribution in [0.5, 0.6) is 0 Å². The Kier molecular flexibility index (Phi) is 2.53. The Morgan fingerprint density at radius 3 is 2.79 bits per heavy atom. The molecular weight excluding hydrogens is 172 g/mol. The van der Waals surface area contributed by atoms with Crippen molar-refractivity contribution in [1.29, 1.82) is 0 Å². The van der Waals surface area contributed by atoms with Gasteiger partial charge in [-0.3, -0.25) is 0 Å². The first-order valence-corrected chi connectivity index (χ1v) is 5.28. The van der Waals surface area contributed by atoms with Crippen LogP contribution in [0, 0.1) is 0 Å². The molecule has 14 heavy (non-hydrogen) atoms. The predicted octanol–water partition coefficient (Wildman–Crippen LogP) is 3.24. The lowest BCUT2D eigenvalue weighted by molar-refractivity contribution is 0.631. The number of hydrogen-bond donors (Lipinski definition) is 0. The Labute approximate surface area is 84.6 Å². The van der Waals surface area contributed by atoms with Gasteiger partial charge in [-0.25, -0.2) is 4.98 Å². The molecule has 2 aromatic rings. The van der Waals surface area contributed by atoms with Crippen molar-refractivity contribution >= 4 is 5.52 Å². The van der Waals surface area contributed by atoms with E-state index < -0.39 is 0 Å². The zero-order chi connectivity index (χ0) is 9.97. The minimum atomic E-state index is 0.599. The monoisotopic (exact) mass is 188 g/mol. The van der Waals surface area contributed by atoms with Gasteiger partial charge in [-0.1, -0.05) is 19.9 Å². The summed E-state index contributed by atoms with van der Waals surface area (Å²) >= 11 is 0. The molecule has 0 amide bonds. The lowest BCUT2D eigenvalue weighted by Gasteiger charge is -2.09. The van der Waals surface area contributed by atoms with Gasteiger partial charge in [0.1, 0.15) is 0 Å². The second-order valence-corrected chi connectivity index (χ2v) is 3.64. The van der Waals surface area contributed by atoms with Crippen LogP contribution in [0.4, 0.5) is 0 Å². The van der Waals surface area contributed by atoms with Crippen LogP contribution in [0.3, 0.4) is 0 Å². The van der Waals surface area contributed by atoms with Crippen LogP contribution in [0.1, 0.15) is 38.3 Å². The molecule has 0 atom stereocenters. The standard InChI is InChI=1S/C12H16N2/c1-3-10(4-2)12-11-7-5-6-8-14(11)9-13-12/h5-10H,3-4H2,1-2H3. The summed E-state index contributed by atoms with van der Waals surface area (Å²) in [6.07, 6.45) is 6.29. The highest BCUT2D eigenvalue weighted by molar-refractivity contribution is 5.53. The molecule has 2 rings (SSSR count). The third-order valence-electron chi connectivity index (χ3n) is 2.85. The number of rotatable bonds is 3. The summed E-state index contributed by atoms with van der Waals surface area (Å²) in [6.45, 7) is 4.45. The highest BCUT2D eigenvalue weighted by Crippen LogP contribution is 2.25. The minimum absolute atomic E-state index is 0.599. The molecule has 2 nitrogen and oxygen atoms in total. The highest BCUT2D eigenvalue weighted by atomic mass is 15.0. The maximum absolute atomic E-state index is 4.50. The van der Waals surface area contributed by atoms with E-state index in [9.17, 15) is 0 Å². The lowest BCUT2D eigenvalue weighted by Crippen LogP contribution is -1.96. The molecule has 0 bridgehead atoms. The zero-order valence-electron chi connectivity index (χ0n) is 8.77. The molecule has 0 aliphatic rings. The Hall–Kier alpha value is -1.31. The van der Waals surface area contributed by atoms with Gasteiger partial charge in [0.25, 0.3) is 0 Å². The van der Waals surface area contributed by atoms with Gasteiger partial charge in [0.15, 0.2) is 0 Å². The van der Waals surface area contributed by atoms with Crippen molar-refractivity contribution in [3.63, 3.8) is 0 Å². The number of fused-ring (bicyclic) bond motifs is 1. The van der Waals surface area contributed by atoms with Gasteiger partial charge in [0.05, 0.1) is 17.5 Å². The van der Waals surface area contributed by atoms with Crippen LogP contribution in [-0.2, 0) is 0 Å². The molecule has 0 aromatic carbocycles. The first-order chi connectivity index (χ1) is 6.86. The second kappa shape index (κ2) is 3.82. The van der Waals surface area contributed by atoms with Crippen LogP contribution in [0.15, 0.2) is 30.7 Å². The van der Waals surface area contributed by atoms with Gasteiger partial charge in [-0.05, 0) is 25.0 Å². The Balaban J connectivity index is 2.51. The van der Waals surface area contributed by atoms with Crippen molar-refractivity contribution < 1.29 is 0 Å². The zero-order valence-corrected chi connectivity index (χ0v) is 8.77. The van der Waals surface area contributed by atoms with Crippen LogP contribution in [0.25, 0.3) is 5.52 Å². The summed E-state index contributed by atoms with van der Waals surface area (Å²) in [4.78, 5) is 4.50. The Morgan fingerprint density at radius 2 is 2.07 bits per heavy atom. The van der Waals surface area contributed by atoms with Crippen molar-refractivity contribution in [2.24, 2.45) is 0 Å². The Bertz CT molecular complexity index is 413. The summed E-state index contributed by atoms with van der Waals surface area (Å²) in [7, 11) is 0. The largest absolute Gasteiger partial charge is 0.306 e. The van der Waals surface area contributed by atoms with E-state index in [1.165, 1.54) is 11.2 Å². The highest BCUT2D eigenvalue weighted by Gasteiger charge is 2.12. The molecule has 0 saturated heterocycles. The molecule has 0 unspecified atom stereocenters. The van der Waals surface area contributed by atoms with Crippen molar-refractivity contribution in [3.05, 3.63) is 36.4 Å². The molecule has 0 aliphatic carbocycles. The maximum Gasteiger partial charge on any atom is 0.0995 e. The Morgan fingerprint density at radius 1 is 1.29 bits per heavy atom. The SMILES string of the molecule is CCC(CC)c1ncn2ccccc12. The van der Waals surface area contributed by atoms with E-state index in [0.29, 0.717) is 5.92 Å². The van der Waals surface area contributed by atoms with Gasteiger partial charge in [-0.2, -0.15) is 0 Å². The number of pyridine rings is 1. The maximum atomic E-state index is 4.50. The van der Waals surface area contributed by atoms with Crippen LogP contribution in [0.2, 0.25) is 0 Å². The van der Waals surface area contributed by atoms with E-state index in [2.05, 4.69) is 35.4 Å². The smallest absolute Gasteiger partial charge is 0.0995 e. The summed E-state index contributed by atoms with van der Waals surface area (Å²) in [6, 6.07) is 6.24. The van der Waals surface area contributed by atoms with Crippen molar-refractivity contribution in [1.82, 2.24) is 9.38 Å². The molecule has 0 fully saturated rings. The number of nitrogens with zero attached hydrogens (tertiary/aromatic N) is 2. The molecule has 0 radical (unpaired) electrons. The average Bonchev–Trinajstić information content (AvgIpc) is 2.65. The van der Waals surface area contributed by atoms with Crippen LogP contribution in [-0.4, -0.2) is 9.38 Å². The van der Waals surface area contributed by atoms with Gasteiger partial charge in [0.2, 0.25) is 0 Å². The van der Waals surface area contributed by atoms with Crippen LogP contribution < -0.4 is 0 Å². The molecule has 2 heterocycles. The number of hydrogen-bond acceptors (Lipinski definition) is 1. The van der Waals surface area contributed by atoms with Crippen LogP contribution >= 0.6 is 0 Å². The number of imidazole rings is 1. The summed E-state index contributed by atoms with van der Waals surface area (Å²) < 4.78 is 2.09. The van der Waals surface area contributed by atoms with Gasteiger partial charge >= 0.3 is 0 Å². The fourth-order valence-electron chi connectivity index (χ4n) is 1.95. The fourth-order valence-corrected chi connectivity index (χ4v) is 1.95. The summed E-state index contributed by atoms with van der Waals surface area (Å²) in [5.74, 6) is 0.599. The van der Waals surface area contributed by atoms with E-state index in [1.54, 1.807) is 0 Å². The summed E-state index contributed by atoms with van der Waals surface area (Å²) in [5, 5.41) is 0. The van der Waals surface area contributed by atoms with E-state index in [4.69, 9.17) is 0 Å². The molecule has 74 valence electrons. The lowest BCUT2D eigenvalue weighted by atomic mass is 9.99. The topological polar surface area (TPSA) is 17.3 Å². The van der Waals surface area contributed by atoms with Crippen molar-refractivity contribution in [3.8, 4) is 0 Å². The fraction of sp³-hybridized carbons (Fsp3) is 0.417. The number of aromatic nitrogens is 2. The average molecular weight is 188 g/mol. The molecule has 0 saturated carbocycles. The van der Waals surface area contributed by atoms with Gasteiger partial charge in [-0.15, -0.1) is 0 Å². The second-order valence-electron chi connectivity index (χ2n) is 3.64. The third kappa shape index (κ3) is 1.41. The summed E-state index contributed by atoms with van der Waals surface area (Å²) in [5.41, 5.74) is 2.50. The van der Waals surface area contributed by atoms with Crippen molar-refractivity contribution in [2.75, 3.05) is 0 Å². The van der Waals surface area contributed by atoms with E-state index in [1.807, 2.05) is 18.6 Å². The van der Waals surface area contributed by atoms with Crippen molar-refractivity contribution in [2.45, 2.75) is 32.6 Å². The molecule has 2 aromatic heterocycles. The van der Waals surface area contributed by atoms with E-state index in [-0.39, 0.29) is 0 Å². The molecule has 0 aliphatic heterocycles. The third-order valence-corrected chi connectivity index (χ3v) is 2.85. The molecule has 0 spiro atoms. The van der Waals surface area contributed by atoms with E-state index in [0.717, 1.165) is 12.8 Å². The minimum Gasteiger partial charge on any atom is -0.306 e. The molecule has 0 N–H and O–H groups in total. The first-order valence-electron chi connectivity index (χ1n) is 5.28. The normalized spacial score (nSPS) is 11.4. The quantitative estimate of drug-likeness (QED) is 0.722.